The molecule has 2 aromatic rings. The number of Topliss-reactive ketones (excluding diaryl/α,β-unsaturated/α-hetero) is 1. The van der Waals surface area contributed by atoms with Crippen molar-refractivity contribution < 1.29 is 19.1 Å². The first-order valence-corrected chi connectivity index (χ1v) is 9.75. The molecule has 0 radical (unpaired) electrons. The molecule has 5 nitrogen and oxygen atoms in total. The van der Waals surface area contributed by atoms with Crippen molar-refractivity contribution >= 4 is 11.7 Å². The molecular weight excluding hydrogens is 354 g/mol. The number of benzene rings is 2. The number of hydrogen-bond acceptors (Lipinski definition) is 4. The average molecular weight is 379 g/mol. The van der Waals surface area contributed by atoms with Crippen molar-refractivity contribution in [3.8, 4) is 11.5 Å². The zero-order chi connectivity index (χ0) is 19.7. The van der Waals surface area contributed by atoms with Gasteiger partial charge in [0.2, 0.25) is 0 Å². The van der Waals surface area contributed by atoms with Gasteiger partial charge in [0.05, 0.1) is 12.0 Å². The fourth-order valence-corrected chi connectivity index (χ4v) is 4.08. The van der Waals surface area contributed by atoms with Gasteiger partial charge < -0.3 is 14.4 Å². The highest BCUT2D eigenvalue weighted by Crippen LogP contribution is 2.39. The Morgan fingerprint density at radius 1 is 1.14 bits per heavy atom. The number of hydrogen-bond donors (Lipinski definition) is 0. The lowest BCUT2D eigenvalue weighted by atomic mass is 9.82. The van der Waals surface area contributed by atoms with Crippen LogP contribution in [0.1, 0.15) is 40.7 Å². The van der Waals surface area contributed by atoms with Crippen LogP contribution >= 0.6 is 0 Å². The topological polar surface area (TPSA) is 55.8 Å². The van der Waals surface area contributed by atoms with Gasteiger partial charge >= 0.3 is 0 Å². The minimum Gasteiger partial charge on any atom is -0.486 e. The summed E-state index contributed by atoms with van der Waals surface area (Å²) in [6, 6.07) is 13.3. The van der Waals surface area contributed by atoms with Crippen molar-refractivity contribution in [2.24, 2.45) is 0 Å². The molecule has 1 amide bonds. The second kappa shape index (κ2) is 7.30. The van der Waals surface area contributed by atoms with Crippen molar-refractivity contribution in [3.05, 3.63) is 59.2 Å². The van der Waals surface area contributed by atoms with Gasteiger partial charge in [-0.1, -0.05) is 29.8 Å². The molecule has 0 aliphatic carbocycles. The number of ketones is 1. The summed E-state index contributed by atoms with van der Waals surface area (Å²) in [7, 11) is 0. The molecule has 0 aromatic heterocycles. The molecule has 2 aliphatic heterocycles. The van der Waals surface area contributed by atoms with Crippen molar-refractivity contribution in [3.63, 3.8) is 0 Å². The smallest absolute Gasteiger partial charge is 0.260 e. The second-order valence-corrected chi connectivity index (χ2v) is 7.82. The maximum Gasteiger partial charge on any atom is 0.260 e. The molecule has 1 saturated heterocycles. The van der Waals surface area contributed by atoms with E-state index in [1.54, 1.807) is 0 Å². The highest BCUT2D eigenvalue weighted by molar-refractivity contribution is 6.00. The molecule has 1 spiro atoms. The molecular formula is C23H25NO4. The number of nitrogens with zero attached hydrogens (tertiary/aromatic N) is 1. The minimum absolute atomic E-state index is 0.0273. The fourth-order valence-electron chi connectivity index (χ4n) is 4.08. The van der Waals surface area contributed by atoms with Gasteiger partial charge in [0.25, 0.3) is 5.91 Å². The summed E-state index contributed by atoms with van der Waals surface area (Å²) in [5, 5.41) is 0. The van der Waals surface area contributed by atoms with E-state index < -0.39 is 5.60 Å². The molecule has 0 saturated carbocycles. The Hall–Kier alpha value is -2.82. The molecule has 28 heavy (non-hydrogen) atoms. The quantitative estimate of drug-likeness (QED) is 0.816. The van der Waals surface area contributed by atoms with Crippen molar-refractivity contribution in [2.75, 3.05) is 19.7 Å². The maximum atomic E-state index is 12.6. The van der Waals surface area contributed by atoms with Crippen molar-refractivity contribution in [1.29, 1.82) is 0 Å². The molecule has 0 atom stereocenters. The largest absolute Gasteiger partial charge is 0.486 e. The number of aryl methyl sites for hydroxylation is 2. The van der Waals surface area contributed by atoms with Crippen LogP contribution in [-0.2, 0) is 4.79 Å². The standard InChI is InChI=1S/C23H25NO4/c1-16-7-8-20(17(2)13-16)27-15-22(26)24-11-9-23(10-12-24)14-19(25)18-5-3-4-6-21(18)28-23/h3-8,13H,9-12,14-15H2,1-2H3. The first-order valence-electron chi connectivity index (χ1n) is 9.75. The van der Waals surface area contributed by atoms with Gasteiger partial charge in [-0.25, -0.2) is 0 Å². The molecule has 1 fully saturated rings. The summed E-state index contributed by atoms with van der Waals surface area (Å²) >= 11 is 0. The highest BCUT2D eigenvalue weighted by Gasteiger charge is 2.43. The fraction of sp³-hybridized carbons (Fsp3) is 0.391. The first kappa shape index (κ1) is 18.5. The predicted octanol–water partition coefficient (Wildman–Crippen LogP) is 3.71. The van der Waals surface area contributed by atoms with Crippen LogP contribution < -0.4 is 9.47 Å². The molecule has 5 heteroatoms. The Morgan fingerprint density at radius 3 is 2.64 bits per heavy atom. The van der Waals surface area contributed by atoms with Gasteiger partial charge in [-0.05, 0) is 37.6 Å². The van der Waals surface area contributed by atoms with Crippen LogP contribution in [-0.4, -0.2) is 41.9 Å². The normalized spacial score (nSPS) is 17.8. The van der Waals surface area contributed by atoms with Gasteiger partial charge in [-0.3, -0.25) is 9.59 Å². The van der Waals surface area contributed by atoms with Crippen LogP contribution in [0, 0.1) is 13.8 Å². The summed E-state index contributed by atoms with van der Waals surface area (Å²) in [5.41, 5.74) is 2.36. The summed E-state index contributed by atoms with van der Waals surface area (Å²) in [5.74, 6) is 1.50. The third kappa shape index (κ3) is 3.61. The molecule has 2 heterocycles. The summed E-state index contributed by atoms with van der Waals surface area (Å²) in [6.07, 6.45) is 1.69. The predicted molar refractivity (Wildman–Crippen MR) is 106 cm³/mol. The summed E-state index contributed by atoms with van der Waals surface area (Å²) < 4.78 is 12.0. The lowest BCUT2D eigenvalue weighted by molar-refractivity contribution is -0.136. The van der Waals surface area contributed by atoms with E-state index in [1.807, 2.05) is 61.2 Å². The Kier molecular flexibility index (Phi) is 4.84. The van der Waals surface area contributed by atoms with E-state index in [2.05, 4.69) is 0 Å². The van der Waals surface area contributed by atoms with Gasteiger partial charge in [0.1, 0.15) is 17.1 Å². The molecule has 0 bridgehead atoms. The third-order valence-electron chi connectivity index (χ3n) is 5.71. The molecule has 2 aromatic carbocycles. The van der Waals surface area contributed by atoms with E-state index in [9.17, 15) is 9.59 Å². The van der Waals surface area contributed by atoms with E-state index in [-0.39, 0.29) is 18.3 Å². The Balaban J connectivity index is 1.35. The Morgan fingerprint density at radius 2 is 1.89 bits per heavy atom. The third-order valence-corrected chi connectivity index (χ3v) is 5.71. The maximum absolute atomic E-state index is 12.6. The number of para-hydroxylation sites is 1. The SMILES string of the molecule is Cc1ccc(OCC(=O)N2CCC3(CC2)CC(=O)c2ccccc2O3)c(C)c1. The monoisotopic (exact) mass is 379 g/mol. The number of carbonyl (C=O) groups is 2. The Labute approximate surface area is 165 Å². The second-order valence-electron chi connectivity index (χ2n) is 7.82. The zero-order valence-corrected chi connectivity index (χ0v) is 16.4. The number of carbonyl (C=O) groups excluding carboxylic acids is 2. The van der Waals surface area contributed by atoms with E-state index in [1.165, 1.54) is 5.56 Å². The molecule has 0 N–H and O–H groups in total. The van der Waals surface area contributed by atoms with Gasteiger partial charge in [-0.2, -0.15) is 0 Å². The lowest BCUT2D eigenvalue weighted by Crippen LogP contribution is -2.53. The number of rotatable bonds is 3. The molecule has 0 unspecified atom stereocenters. The van der Waals surface area contributed by atoms with Gasteiger partial charge in [0.15, 0.2) is 12.4 Å². The molecule has 2 aliphatic rings. The van der Waals surface area contributed by atoms with Crippen molar-refractivity contribution in [1.82, 2.24) is 4.90 Å². The van der Waals surface area contributed by atoms with Gasteiger partial charge in [0, 0.05) is 25.9 Å². The average Bonchev–Trinajstić information content (AvgIpc) is 2.67. The van der Waals surface area contributed by atoms with Crippen LogP contribution in [0.2, 0.25) is 0 Å². The zero-order valence-electron chi connectivity index (χ0n) is 16.4. The van der Waals surface area contributed by atoms with Crippen LogP contribution in [0.4, 0.5) is 0 Å². The van der Waals surface area contributed by atoms with E-state index in [0.29, 0.717) is 43.7 Å². The molecule has 146 valence electrons. The van der Waals surface area contributed by atoms with E-state index >= 15 is 0 Å². The summed E-state index contributed by atoms with van der Waals surface area (Å²) in [6.45, 7) is 5.18. The number of ether oxygens (including phenoxy) is 2. The number of amides is 1. The van der Waals surface area contributed by atoms with Crippen molar-refractivity contribution in [2.45, 2.75) is 38.7 Å². The number of piperidine rings is 1. The minimum atomic E-state index is -0.489. The first-order chi connectivity index (χ1) is 13.5. The molecule has 4 rings (SSSR count). The van der Waals surface area contributed by atoms with E-state index in [0.717, 1.165) is 11.3 Å². The van der Waals surface area contributed by atoms with Crippen LogP contribution in [0.25, 0.3) is 0 Å². The Bertz CT molecular complexity index is 913. The number of fused-ring (bicyclic) bond motifs is 1. The highest BCUT2D eigenvalue weighted by atomic mass is 16.5. The lowest BCUT2D eigenvalue weighted by Gasteiger charge is -2.43. The summed E-state index contributed by atoms with van der Waals surface area (Å²) in [4.78, 5) is 26.9. The number of likely N-dealkylation sites (tertiary alicyclic amines) is 1. The van der Waals surface area contributed by atoms with Gasteiger partial charge in [-0.15, -0.1) is 0 Å². The van der Waals surface area contributed by atoms with Crippen LogP contribution in [0.15, 0.2) is 42.5 Å². The van der Waals surface area contributed by atoms with Crippen LogP contribution in [0.5, 0.6) is 11.5 Å². The van der Waals surface area contributed by atoms with Crippen LogP contribution in [0.3, 0.4) is 0 Å². The van der Waals surface area contributed by atoms with E-state index in [4.69, 9.17) is 9.47 Å².